The number of aliphatic hydroxyl groups is 1. The van der Waals surface area contributed by atoms with Crippen molar-refractivity contribution in [2.75, 3.05) is 26.4 Å². The van der Waals surface area contributed by atoms with Gasteiger partial charge in [-0.3, -0.25) is 4.79 Å². The normalized spacial score (nSPS) is 17.8. The van der Waals surface area contributed by atoms with E-state index in [1.54, 1.807) is 0 Å². The Morgan fingerprint density at radius 1 is 1.37 bits per heavy atom. The highest BCUT2D eigenvalue weighted by molar-refractivity contribution is 5.82. The van der Waals surface area contributed by atoms with Gasteiger partial charge in [-0.25, -0.2) is 0 Å². The van der Waals surface area contributed by atoms with Crippen LogP contribution in [0.5, 0.6) is 0 Å². The van der Waals surface area contributed by atoms with E-state index in [2.05, 4.69) is 22.8 Å². The highest BCUT2D eigenvalue weighted by Crippen LogP contribution is 2.16. The number of nitrogens with one attached hydrogen (secondary N) is 2. The van der Waals surface area contributed by atoms with Gasteiger partial charge in [0, 0.05) is 13.1 Å². The van der Waals surface area contributed by atoms with Crippen molar-refractivity contribution in [3.8, 4) is 0 Å². The molecular formula is C14H20N2O3. The van der Waals surface area contributed by atoms with Crippen LogP contribution in [0.4, 0.5) is 0 Å². The fraction of sp³-hybridized carbons (Fsp3) is 0.500. The Kier molecular flexibility index (Phi) is 5.32. The molecule has 1 aromatic carbocycles. The van der Waals surface area contributed by atoms with Gasteiger partial charge in [0.2, 0.25) is 5.91 Å². The van der Waals surface area contributed by atoms with E-state index in [1.807, 2.05) is 12.1 Å². The average Bonchev–Trinajstić information content (AvgIpc) is 2.46. The molecule has 0 radical (unpaired) electrons. The zero-order valence-corrected chi connectivity index (χ0v) is 10.9. The van der Waals surface area contributed by atoms with E-state index in [0.717, 1.165) is 13.0 Å². The number of hydrogen-bond donors (Lipinski definition) is 3. The number of carbonyl (C=O) groups excluding carboxylic acids is 1. The van der Waals surface area contributed by atoms with Crippen LogP contribution in [0.15, 0.2) is 24.3 Å². The van der Waals surface area contributed by atoms with E-state index < -0.39 is 0 Å². The quantitative estimate of drug-likeness (QED) is 0.624. The SMILES string of the molecule is O=C(NCCOCCO)[C@@H]1Cc2ccccc2CN1. The number of benzene rings is 1. The fourth-order valence-corrected chi connectivity index (χ4v) is 2.18. The molecule has 0 fully saturated rings. The standard InChI is InChI=1S/C14H20N2O3/c17-6-8-19-7-5-15-14(18)13-9-11-3-1-2-4-12(11)10-16-13/h1-4,13,16-17H,5-10H2,(H,15,18)/t13-/m0/s1. The van der Waals surface area contributed by atoms with Crippen molar-refractivity contribution in [3.63, 3.8) is 0 Å². The highest BCUT2D eigenvalue weighted by atomic mass is 16.5. The van der Waals surface area contributed by atoms with E-state index in [0.29, 0.717) is 19.8 Å². The Balaban J connectivity index is 1.76. The van der Waals surface area contributed by atoms with E-state index in [1.165, 1.54) is 11.1 Å². The molecule has 0 bridgehead atoms. The molecule has 3 N–H and O–H groups in total. The smallest absolute Gasteiger partial charge is 0.237 e. The lowest BCUT2D eigenvalue weighted by Gasteiger charge is -2.25. The Bertz CT molecular complexity index is 423. The summed E-state index contributed by atoms with van der Waals surface area (Å²) < 4.78 is 5.09. The molecule has 0 saturated heterocycles. The molecule has 2 rings (SSSR count). The van der Waals surface area contributed by atoms with Gasteiger partial charge in [0.15, 0.2) is 0 Å². The number of hydrogen-bond acceptors (Lipinski definition) is 4. The zero-order chi connectivity index (χ0) is 13.5. The van der Waals surface area contributed by atoms with Crippen LogP contribution in [0.1, 0.15) is 11.1 Å². The Morgan fingerprint density at radius 2 is 2.16 bits per heavy atom. The fourth-order valence-electron chi connectivity index (χ4n) is 2.18. The first-order valence-electron chi connectivity index (χ1n) is 6.57. The van der Waals surface area contributed by atoms with Gasteiger partial charge in [-0.15, -0.1) is 0 Å². The van der Waals surface area contributed by atoms with Gasteiger partial charge in [0.05, 0.1) is 25.9 Å². The molecule has 19 heavy (non-hydrogen) atoms. The molecule has 104 valence electrons. The third kappa shape index (κ3) is 4.02. The summed E-state index contributed by atoms with van der Waals surface area (Å²) in [6, 6.07) is 7.99. The first-order valence-corrected chi connectivity index (χ1v) is 6.57. The zero-order valence-electron chi connectivity index (χ0n) is 10.9. The second kappa shape index (κ2) is 7.23. The summed E-state index contributed by atoms with van der Waals surface area (Å²) in [7, 11) is 0. The molecule has 1 heterocycles. The van der Waals surface area contributed by atoms with Gasteiger partial charge in [-0.1, -0.05) is 24.3 Å². The van der Waals surface area contributed by atoms with Crippen LogP contribution in [-0.2, 0) is 22.5 Å². The average molecular weight is 264 g/mol. The summed E-state index contributed by atoms with van der Waals surface area (Å²) in [6.07, 6.45) is 0.722. The molecule has 0 aromatic heterocycles. The lowest BCUT2D eigenvalue weighted by Crippen LogP contribution is -2.48. The van der Waals surface area contributed by atoms with Crippen molar-refractivity contribution in [1.82, 2.24) is 10.6 Å². The van der Waals surface area contributed by atoms with Gasteiger partial charge < -0.3 is 20.5 Å². The summed E-state index contributed by atoms with van der Waals surface area (Å²) in [5, 5.41) is 14.6. The molecule has 0 aliphatic carbocycles. The van der Waals surface area contributed by atoms with Crippen molar-refractivity contribution in [3.05, 3.63) is 35.4 Å². The molecule has 1 atom stereocenters. The molecule has 5 nitrogen and oxygen atoms in total. The summed E-state index contributed by atoms with van der Waals surface area (Å²) in [4.78, 5) is 12.0. The minimum Gasteiger partial charge on any atom is -0.394 e. The van der Waals surface area contributed by atoms with E-state index in [-0.39, 0.29) is 18.6 Å². The third-order valence-corrected chi connectivity index (χ3v) is 3.18. The van der Waals surface area contributed by atoms with Crippen LogP contribution in [0, 0.1) is 0 Å². The molecule has 1 amide bonds. The maximum absolute atomic E-state index is 12.0. The second-order valence-electron chi connectivity index (χ2n) is 4.53. The second-order valence-corrected chi connectivity index (χ2v) is 4.53. The van der Waals surface area contributed by atoms with Crippen LogP contribution in [0.25, 0.3) is 0 Å². The molecule has 0 saturated carbocycles. The molecule has 5 heteroatoms. The van der Waals surface area contributed by atoms with Crippen molar-refractivity contribution < 1.29 is 14.6 Å². The number of carbonyl (C=O) groups is 1. The number of ether oxygens (including phenoxy) is 1. The van der Waals surface area contributed by atoms with Crippen LogP contribution in [0.2, 0.25) is 0 Å². The van der Waals surface area contributed by atoms with Crippen LogP contribution in [0.3, 0.4) is 0 Å². The molecular weight excluding hydrogens is 244 g/mol. The maximum atomic E-state index is 12.0. The Labute approximate surface area is 113 Å². The minimum atomic E-state index is -0.173. The van der Waals surface area contributed by atoms with Gasteiger partial charge in [0.25, 0.3) is 0 Å². The molecule has 1 aliphatic heterocycles. The van der Waals surface area contributed by atoms with Gasteiger partial charge in [-0.05, 0) is 17.5 Å². The lowest BCUT2D eigenvalue weighted by molar-refractivity contribution is -0.123. The van der Waals surface area contributed by atoms with Crippen LogP contribution >= 0.6 is 0 Å². The van der Waals surface area contributed by atoms with E-state index in [4.69, 9.17) is 9.84 Å². The third-order valence-electron chi connectivity index (χ3n) is 3.18. The van der Waals surface area contributed by atoms with E-state index in [9.17, 15) is 4.79 Å². The first-order chi connectivity index (χ1) is 9.31. The minimum absolute atomic E-state index is 0.00195. The highest BCUT2D eigenvalue weighted by Gasteiger charge is 2.23. The Morgan fingerprint density at radius 3 is 2.95 bits per heavy atom. The number of amides is 1. The first kappa shape index (κ1) is 14.0. The molecule has 1 aromatic rings. The van der Waals surface area contributed by atoms with Crippen LogP contribution in [-0.4, -0.2) is 43.4 Å². The largest absolute Gasteiger partial charge is 0.394 e. The summed E-state index contributed by atoms with van der Waals surface area (Å²) in [5.74, 6) is 0.00195. The van der Waals surface area contributed by atoms with Crippen molar-refractivity contribution in [1.29, 1.82) is 0 Å². The lowest BCUT2D eigenvalue weighted by atomic mass is 9.95. The van der Waals surface area contributed by atoms with Crippen molar-refractivity contribution in [2.45, 2.75) is 19.0 Å². The molecule has 0 spiro atoms. The summed E-state index contributed by atoms with van der Waals surface area (Å²) in [6.45, 7) is 1.95. The predicted molar refractivity (Wildman–Crippen MR) is 71.7 cm³/mol. The van der Waals surface area contributed by atoms with Crippen LogP contribution < -0.4 is 10.6 Å². The summed E-state index contributed by atoms with van der Waals surface area (Å²) >= 11 is 0. The topological polar surface area (TPSA) is 70.6 Å². The van der Waals surface area contributed by atoms with Crippen molar-refractivity contribution in [2.24, 2.45) is 0 Å². The van der Waals surface area contributed by atoms with Gasteiger partial charge >= 0.3 is 0 Å². The predicted octanol–water partition coefficient (Wildman–Crippen LogP) is -0.174. The number of rotatable bonds is 6. The summed E-state index contributed by atoms with van der Waals surface area (Å²) in [5.41, 5.74) is 2.50. The number of aliphatic hydroxyl groups excluding tert-OH is 1. The van der Waals surface area contributed by atoms with E-state index >= 15 is 0 Å². The maximum Gasteiger partial charge on any atom is 0.237 e. The van der Waals surface area contributed by atoms with Crippen molar-refractivity contribution >= 4 is 5.91 Å². The van der Waals surface area contributed by atoms with Gasteiger partial charge in [0.1, 0.15) is 0 Å². The molecule has 0 unspecified atom stereocenters. The number of fused-ring (bicyclic) bond motifs is 1. The van der Waals surface area contributed by atoms with Gasteiger partial charge in [-0.2, -0.15) is 0 Å². The monoisotopic (exact) mass is 264 g/mol. The molecule has 1 aliphatic rings. The Hall–Kier alpha value is -1.43.